The second-order valence-corrected chi connectivity index (χ2v) is 4.01. The minimum atomic E-state index is -1.60. The van der Waals surface area contributed by atoms with Gasteiger partial charge >= 0.3 is 12.0 Å². The lowest BCUT2D eigenvalue weighted by Crippen LogP contribution is -2.49. The normalized spacial score (nSPS) is 14.2. The van der Waals surface area contributed by atoms with E-state index in [1.54, 1.807) is 0 Å². The number of nitrogens with one attached hydrogen (secondary N) is 2. The summed E-state index contributed by atoms with van der Waals surface area (Å²) >= 11 is 0. The van der Waals surface area contributed by atoms with Gasteiger partial charge in [-0.2, -0.15) is 0 Å². The highest BCUT2D eigenvalue weighted by atomic mass is 16.5. The van der Waals surface area contributed by atoms with Crippen molar-refractivity contribution in [3.8, 4) is 0 Å². The zero-order valence-electron chi connectivity index (χ0n) is 10.3. The first-order valence-corrected chi connectivity index (χ1v) is 5.32. The van der Waals surface area contributed by atoms with Gasteiger partial charge in [0.25, 0.3) is 0 Å². The molecule has 4 N–H and O–H groups in total. The van der Waals surface area contributed by atoms with Crippen molar-refractivity contribution in [3.63, 3.8) is 0 Å². The molecule has 0 aliphatic rings. The lowest BCUT2D eigenvalue weighted by atomic mass is 10.1. The van der Waals surface area contributed by atoms with Crippen LogP contribution in [0.25, 0.3) is 0 Å². The SMILES string of the molecule is COCC(NC(=O)NCC(O)C(=O)O)C(C)C. The smallest absolute Gasteiger partial charge is 0.334 e. The maximum Gasteiger partial charge on any atom is 0.334 e. The number of ether oxygens (including phenoxy) is 1. The second-order valence-electron chi connectivity index (χ2n) is 4.01. The summed E-state index contributed by atoms with van der Waals surface area (Å²) < 4.78 is 4.94. The van der Waals surface area contributed by atoms with Crippen molar-refractivity contribution in [1.29, 1.82) is 0 Å². The van der Waals surface area contributed by atoms with Gasteiger partial charge in [-0.3, -0.25) is 0 Å². The average Bonchev–Trinajstić information content (AvgIpc) is 2.24. The Bertz CT molecular complexity index is 257. The van der Waals surface area contributed by atoms with E-state index in [4.69, 9.17) is 14.9 Å². The van der Waals surface area contributed by atoms with Gasteiger partial charge in [0, 0.05) is 7.11 Å². The minimum absolute atomic E-state index is 0.165. The van der Waals surface area contributed by atoms with E-state index in [2.05, 4.69) is 10.6 Å². The van der Waals surface area contributed by atoms with E-state index in [0.717, 1.165) is 0 Å². The molecule has 0 aromatic carbocycles. The molecule has 100 valence electrons. The van der Waals surface area contributed by atoms with Crippen LogP contribution >= 0.6 is 0 Å². The Morgan fingerprint density at radius 1 is 1.35 bits per heavy atom. The van der Waals surface area contributed by atoms with Gasteiger partial charge in [0.1, 0.15) is 0 Å². The van der Waals surface area contributed by atoms with Crippen LogP contribution in [0.5, 0.6) is 0 Å². The van der Waals surface area contributed by atoms with E-state index in [0.29, 0.717) is 6.61 Å². The Morgan fingerprint density at radius 2 is 1.94 bits per heavy atom. The Balaban J connectivity index is 4.02. The Labute approximate surface area is 100 Å². The predicted molar refractivity (Wildman–Crippen MR) is 60.7 cm³/mol. The largest absolute Gasteiger partial charge is 0.479 e. The van der Waals surface area contributed by atoms with Gasteiger partial charge in [-0.25, -0.2) is 9.59 Å². The lowest BCUT2D eigenvalue weighted by Gasteiger charge is -2.21. The molecule has 0 fully saturated rings. The summed E-state index contributed by atoms with van der Waals surface area (Å²) in [6.45, 7) is 3.89. The third-order valence-corrected chi connectivity index (χ3v) is 2.21. The number of methoxy groups -OCH3 is 1. The first kappa shape index (κ1) is 15.7. The Kier molecular flexibility index (Phi) is 7.24. The molecule has 2 atom stereocenters. The molecular weight excluding hydrogens is 228 g/mol. The summed E-state index contributed by atoms with van der Waals surface area (Å²) in [7, 11) is 1.53. The van der Waals surface area contributed by atoms with Gasteiger partial charge in [-0.05, 0) is 5.92 Å². The lowest BCUT2D eigenvalue weighted by molar-refractivity contribution is -0.146. The Morgan fingerprint density at radius 3 is 2.35 bits per heavy atom. The number of hydrogen-bond acceptors (Lipinski definition) is 4. The maximum atomic E-state index is 11.4. The van der Waals surface area contributed by atoms with E-state index >= 15 is 0 Å². The van der Waals surface area contributed by atoms with Crippen LogP contribution in [0.4, 0.5) is 4.79 Å². The van der Waals surface area contributed by atoms with Gasteiger partial charge in [0.2, 0.25) is 0 Å². The summed E-state index contributed by atoms with van der Waals surface area (Å²) in [5.74, 6) is -1.19. The molecule has 0 saturated carbocycles. The van der Waals surface area contributed by atoms with E-state index in [1.807, 2.05) is 13.8 Å². The molecule has 0 aliphatic heterocycles. The van der Waals surface area contributed by atoms with Crippen molar-refractivity contribution >= 4 is 12.0 Å². The number of carbonyl (C=O) groups is 2. The number of carbonyl (C=O) groups excluding carboxylic acids is 1. The summed E-state index contributed by atoms with van der Waals surface area (Å²) in [5, 5.41) is 22.3. The van der Waals surface area contributed by atoms with Crippen molar-refractivity contribution in [2.24, 2.45) is 5.92 Å². The molecule has 0 aliphatic carbocycles. The van der Waals surface area contributed by atoms with Crippen LogP contribution in [0.15, 0.2) is 0 Å². The molecule has 7 nitrogen and oxygen atoms in total. The van der Waals surface area contributed by atoms with Crippen LogP contribution in [0.1, 0.15) is 13.8 Å². The van der Waals surface area contributed by atoms with Crippen molar-refractivity contribution in [3.05, 3.63) is 0 Å². The first-order valence-electron chi connectivity index (χ1n) is 5.32. The average molecular weight is 248 g/mol. The molecular formula is C10H20N2O5. The zero-order valence-corrected chi connectivity index (χ0v) is 10.3. The summed E-state index contributed by atoms with van der Waals surface area (Å²) in [6.07, 6.45) is -1.60. The molecule has 0 radical (unpaired) electrons. The fourth-order valence-electron chi connectivity index (χ4n) is 1.08. The molecule has 0 aromatic heterocycles. The number of aliphatic hydroxyl groups is 1. The highest BCUT2D eigenvalue weighted by molar-refractivity contribution is 5.76. The zero-order chi connectivity index (χ0) is 13.4. The van der Waals surface area contributed by atoms with Crippen LogP contribution < -0.4 is 10.6 Å². The van der Waals surface area contributed by atoms with E-state index in [1.165, 1.54) is 7.11 Å². The van der Waals surface area contributed by atoms with Crippen molar-refractivity contribution < 1.29 is 24.5 Å². The van der Waals surface area contributed by atoms with Crippen molar-refractivity contribution in [1.82, 2.24) is 10.6 Å². The van der Waals surface area contributed by atoms with E-state index < -0.39 is 18.1 Å². The molecule has 0 bridgehead atoms. The summed E-state index contributed by atoms with van der Waals surface area (Å²) in [6, 6.07) is -0.692. The van der Waals surface area contributed by atoms with E-state index in [9.17, 15) is 9.59 Å². The molecule has 7 heteroatoms. The predicted octanol–water partition coefficient (Wildman–Crippen LogP) is -0.598. The highest BCUT2D eigenvalue weighted by Crippen LogP contribution is 2.01. The van der Waals surface area contributed by atoms with Crippen LogP contribution in [0.2, 0.25) is 0 Å². The monoisotopic (exact) mass is 248 g/mol. The molecule has 0 spiro atoms. The molecule has 0 rings (SSSR count). The topological polar surface area (TPSA) is 108 Å². The molecule has 17 heavy (non-hydrogen) atoms. The second kappa shape index (κ2) is 7.86. The van der Waals surface area contributed by atoms with Gasteiger partial charge in [0.15, 0.2) is 6.10 Å². The quantitative estimate of drug-likeness (QED) is 0.481. The van der Waals surface area contributed by atoms with Crippen LogP contribution in [0.3, 0.4) is 0 Å². The molecule has 2 amide bonds. The van der Waals surface area contributed by atoms with Gasteiger partial charge in [0.05, 0.1) is 19.2 Å². The third-order valence-electron chi connectivity index (χ3n) is 2.21. The number of aliphatic carboxylic acids is 1. The standard InChI is InChI=1S/C10H20N2O5/c1-6(2)7(5-17-3)12-10(16)11-4-8(13)9(14)15/h6-8,13H,4-5H2,1-3H3,(H,14,15)(H2,11,12,16). The molecule has 0 aromatic rings. The number of rotatable bonds is 7. The van der Waals surface area contributed by atoms with Crippen LogP contribution in [-0.4, -0.2) is 54.6 Å². The molecule has 2 unspecified atom stereocenters. The van der Waals surface area contributed by atoms with E-state index in [-0.39, 0.29) is 18.5 Å². The number of carboxylic acids is 1. The number of aliphatic hydroxyl groups excluding tert-OH is 1. The number of urea groups is 1. The summed E-state index contributed by atoms with van der Waals surface area (Å²) in [4.78, 5) is 21.7. The number of hydrogen-bond donors (Lipinski definition) is 4. The minimum Gasteiger partial charge on any atom is -0.479 e. The van der Waals surface area contributed by atoms with Gasteiger partial charge < -0.3 is 25.6 Å². The van der Waals surface area contributed by atoms with Gasteiger partial charge in [-0.15, -0.1) is 0 Å². The highest BCUT2D eigenvalue weighted by Gasteiger charge is 2.18. The number of amides is 2. The molecule has 0 heterocycles. The van der Waals surface area contributed by atoms with Gasteiger partial charge in [-0.1, -0.05) is 13.8 Å². The Hall–Kier alpha value is -1.34. The fourth-order valence-corrected chi connectivity index (χ4v) is 1.08. The van der Waals surface area contributed by atoms with Crippen LogP contribution in [-0.2, 0) is 9.53 Å². The third kappa shape index (κ3) is 6.75. The molecule has 0 saturated heterocycles. The first-order chi connectivity index (χ1) is 7.88. The maximum absolute atomic E-state index is 11.4. The fraction of sp³-hybridized carbons (Fsp3) is 0.800. The summed E-state index contributed by atoms with van der Waals surface area (Å²) in [5.41, 5.74) is 0. The van der Waals surface area contributed by atoms with Crippen molar-refractivity contribution in [2.75, 3.05) is 20.3 Å². The number of carboxylic acid groups (broad SMARTS) is 1. The van der Waals surface area contributed by atoms with Crippen LogP contribution in [0, 0.1) is 5.92 Å². The van der Waals surface area contributed by atoms with Crippen molar-refractivity contribution in [2.45, 2.75) is 26.0 Å².